The van der Waals surface area contributed by atoms with Crippen molar-refractivity contribution in [2.75, 3.05) is 17.7 Å². The first kappa shape index (κ1) is 22.0. The van der Waals surface area contributed by atoms with Crippen LogP contribution in [0.1, 0.15) is 35.8 Å². The number of hydrogen-bond acceptors (Lipinski definition) is 6. The van der Waals surface area contributed by atoms with Crippen molar-refractivity contribution in [2.24, 2.45) is 0 Å². The predicted octanol–water partition coefficient (Wildman–Crippen LogP) is 5.10. The van der Waals surface area contributed by atoms with Crippen molar-refractivity contribution in [3.05, 3.63) is 45.6 Å². The topological polar surface area (TPSA) is 69.0 Å². The summed E-state index contributed by atoms with van der Waals surface area (Å²) in [5, 5.41) is 14.8. The van der Waals surface area contributed by atoms with Crippen LogP contribution in [-0.4, -0.2) is 39.1 Å². The third-order valence-electron chi connectivity index (χ3n) is 5.38. The second-order valence-corrected chi connectivity index (χ2v) is 9.80. The van der Waals surface area contributed by atoms with Crippen LogP contribution < -0.4 is 5.32 Å². The summed E-state index contributed by atoms with van der Waals surface area (Å²) in [7, 11) is 0. The van der Waals surface area contributed by atoms with E-state index in [9.17, 15) is 4.79 Å². The number of aryl methyl sites for hydroxylation is 3. The molecule has 8 heteroatoms. The minimum Gasteiger partial charge on any atom is -0.376 e. The van der Waals surface area contributed by atoms with Crippen molar-refractivity contribution in [3.8, 4) is 11.4 Å². The normalized spacial score (nSPS) is 16.0. The van der Waals surface area contributed by atoms with Crippen molar-refractivity contribution in [3.63, 3.8) is 0 Å². The van der Waals surface area contributed by atoms with E-state index in [0.717, 1.165) is 53.7 Å². The Morgan fingerprint density at radius 3 is 2.90 bits per heavy atom. The Bertz CT molecular complexity index is 1050. The first-order valence-corrected chi connectivity index (χ1v) is 12.5. The highest BCUT2D eigenvalue weighted by Crippen LogP contribution is 2.30. The van der Waals surface area contributed by atoms with Crippen LogP contribution in [0.15, 0.2) is 34.8 Å². The molecule has 0 spiro atoms. The zero-order valence-corrected chi connectivity index (χ0v) is 19.8. The molecule has 1 fully saturated rings. The minimum absolute atomic E-state index is 0.0472. The average Bonchev–Trinajstić information content (AvgIpc) is 3.50. The molecule has 0 aliphatic carbocycles. The van der Waals surface area contributed by atoms with E-state index in [1.54, 1.807) is 11.3 Å². The number of carbonyl (C=O) groups excluding carboxylic acids is 1. The summed E-state index contributed by atoms with van der Waals surface area (Å²) in [6.45, 7) is 7.72. The maximum atomic E-state index is 12.6. The van der Waals surface area contributed by atoms with Crippen LogP contribution in [0, 0.1) is 13.8 Å². The third-order valence-corrected chi connectivity index (χ3v) is 7.42. The molecule has 164 valence electrons. The van der Waals surface area contributed by atoms with Crippen molar-refractivity contribution >= 4 is 34.7 Å². The molecule has 1 aliphatic rings. The molecule has 1 saturated heterocycles. The third kappa shape index (κ3) is 5.37. The van der Waals surface area contributed by atoms with Crippen LogP contribution in [0.5, 0.6) is 0 Å². The maximum absolute atomic E-state index is 12.6. The Morgan fingerprint density at radius 1 is 1.32 bits per heavy atom. The Hall–Kier alpha value is -2.16. The molecular weight excluding hydrogens is 428 g/mol. The first-order valence-electron chi connectivity index (χ1n) is 10.7. The fraction of sp³-hybridized carbons (Fsp3) is 0.435. The molecule has 0 saturated carbocycles. The maximum Gasteiger partial charge on any atom is 0.234 e. The lowest BCUT2D eigenvalue weighted by Gasteiger charge is -2.14. The molecule has 0 bridgehead atoms. The van der Waals surface area contributed by atoms with E-state index in [0.29, 0.717) is 6.54 Å². The van der Waals surface area contributed by atoms with Crippen LogP contribution in [0.3, 0.4) is 0 Å². The van der Waals surface area contributed by atoms with Gasteiger partial charge in [-0.1, -0.05) is 36.4 Å². The number of nitrogens with one attached hydrogen (secondary N) is 1. The molecule has 31 heavy (non-hydrogen) atoms. The van der Waals surface area contributed by atoms with Crippen molar-refractivity contribution in [2.45, 2.75) is 57.8 Å². The summed E-state index contributed by atoms with van der Waals surface area (Å²) in [6.07, 6.45) is 3.30. The minimum atomic E-state index is -0.0472. The largest absolute Gasteiger partial charge is 0.376 e. The monoisotopic (exact) mass is 456 g/mol. The number of anilines is 1. The van der Waals surface area contributed by atoms with Gasteiger partial charge in [-0.15, -0.1) is 21.5 Å². The van der Waals surface area contributed by atoms with Crippen molar-refractivity contribution < 1.29 is 9.53 Å². The van der Waals surface area contributed by atoms with Gasteiger partial charge < -0.3 is 10.1 Å². The number of thiophene rings is 1. The first-order chi connectivity index (χ1) is 15.0. The van der Waals surface area contributed by atoms with E-state index in [1.807, 2.05) is 26.0 Å². The lowest BCUT2D eigenvalue weighted by Crippen LogP contribution is -2.18. The van der Waals surface area contributed by atoms with Gasteiger partial charge in [-0.2, -0.15) is 0 Å². The molecule has 1 N–H and O–H groups in total. The number of benzene rings is 1. The second kappa shape index (κ2) is 9.97. The molecule has 2 aromatic heterocycles. The van der Waals surface area contributed by atoms with Gasteiger partial charge >= 0.3 is 0 Å². The molecular formula is C23H28N4O2S2. The Labute approximate surface area is 191 Å². The molecule has 0 radical (unpaired) electrons. The van der Waals surface area contributed by atoms with E-state index in [1.165, 1.54) is 22.2 Å². The van der Waals surface area contributed by atoms with Gasteiger partial charge in [-0.25, -0.2) is 0 Å². The highest BCUT2D eigenvalue weighted by molar-refractivity contribution is 7.99. The van der Waals surface area contributed by atoms with Gasteiger partial charge in [0.2, 0.25) is 5.91 Å². The Morgan fingerprint density at radius 2 is 2.19 bits per heavy atom. The fourth-order valence-electron chi connectivity index (χ4n) is 3.72. The number of nitrogens with zero attached hydrogens (tertiary/aromatic N) is 3. The van der Waals surface area contributed by atoms with Gasteiger partial charge in [-0.05, 0) is 50.8 Å². The standard InChI is InChI=1S/C23H28N4O2S2/c1-4-19-11-17(13-30-19)22-25-26-23(27(22)12-18-6-5-9-29-18)31-14-21(28)24-20-8-7-15(2)10-16(20)3/h7-8,10-11,13,18H,4-6,9,12,14H2,1-3H3,(H,24,28). The molecule has 3 heterocycles. The molecule has 3 aromatic rings. The number of aromatic nitrogens is 3. The summed E-state index contributed by atoms with van der Waals surface area (Å²) in [6, 6.07) is 8.21. The van der Waals surface area contributed by atoms with Crippen LogP contribution in [0.4, 0.5) is 5.69 Å². The van der Waals surface area contributed by atoms with E-state index in [2.05, 4.69) is 44.5 Å². The molecule has 1 atom stereocenters. The number of rotatable bonds is 8. The van der Waals surface area contributed by atoms with Crippen molar-refractivity contribution in [1.82, 2.24) is 14.8 Å². The SMILES string of the molecule is CCc1cc(-c2nnc(SCC(=O)Nc3ccc(C)cc3C)n2CC2CCCO2)cs1. The summed E-state index contributed by atoms with van der Waals surface area (Å²) in [5.74, 6) is 1.08. The molecule has 1 aliphatic heterocycles. The zero-order chi connectivity index (χ0) is 21.8. The van der Waals surface area contributed by atoms with E-state index in [4.69, 9.17) is 4.74 Å². The molecule has 1 aromatic carbocycles. The van der Waals surface area contributed by atoms with Crippen LogP contribution in [-0.2, 0) is 22.5 Å². The number of carbonyl (C=O) groups is 1. The van der Waals surface area contributed by atoms with Crippen molar-refractivity contribution in [1.29, 1.82) is 0 Å². The lowest BCUT2D eigenvalue weighted by atomic mass is 10.1. The van der Waals surface area contributed by atoms with E-state index >= 15 is 0 Å². The Kier molecular flexibility index (Phi) is 7.09. The molecule has 1 unspecified atom stereocenters. The van der Waals surface area contributed by atoms with Gasteiger partial charge in [-0.3, -0.25) is 9.36 Å². The number of thioether (sulfide) groups is 1. The summed E-state index contributed by atoms with van der Waals surface area (Å²) in [5.41, 5.74) is 4.17. The summed E-state index contributed by atoms with van der Waals surface area (Å²) >= 11 is 3.16. The number of hydrogen-bond donors (Lipinski definition) is 1. The predicted molar refractivity (Wildman–Crippen MR) is 127 cm³/mol. The van der Waals surface area contributed by atoms with E-state index in [-0.39, 0.29) is 17.8 Å². The highest BCUT2D eigenvalue weighted by Gasteiger charge is 2.22. The van der Waals surface area contributed by atoms with E-state index < -0.39 is 0 Å². The number of ether oxygens (including phenoxy) is 1. The second-order valence-electron chi connectivity index (χ2n) is 7.86. The van der Waals surface area contributed by atoms with Crippen LogP contribution in [0.2, 0.25) is 0 Å². The van der Waals surface area contributed by atoms with Gasteiger partial charge in [0.15, 0.2) is 11.0 Å². The van der Waals surface area contributed by atoms with Gasteiger partial charge in [0, 0.05) is 28.1 Å². The summed E-state index contributed by atoms with van der Waals surface area (Å²) < 4.78 is 7.98. The average molecular weight is 457 g/mol. The summed E-state index contributed by atoms with van der Waals surface area (Å²) in [4.78, 5) is 13.9. The molecule has 1 amide bonds. The molecule has 4 rings (SSSR count). The Balaban J connectivity index is 1.49. The van der Waals surface area contributed by atoms with Gasteiger partial charge in [0.25, 0.3) is 0 Å². The highest BCUT2D eigenvalue weighted by atomic mass is 32.2. The quantitative estimate of drug-likeness (QED) is 0.478. The molecule has 6 nitrogen and oxygen atoms in total. The number of amides is 1. The van der Waals surface area contributed by atoms with Gasteiger partial charge in [0.1, 0.15) is 0 Å². The smallest absolute Gasteiger partial charge is 0.234 e. The van der Waals surface area contributed by atoms with Crippen LogP contribution >= 0.6 is 23.1 Å². The lowest BCUT2D eigenvalue weighted by molar-refractivity contribution is -0.113. The zero-order valence-electron chi connectivity index (χ0n) is 18.2. The fourth-order valence-corrected chi connectivity index (χ4v) is 5.28. The van der Waals surface area contributed by atoms with Gasteiger partial charge in [0.05, 0.1) is 18.4 Å². The van der Waals surface area contributed by atoms with Crippen LogP contribution in [0.25, 0.3) is 11.4 Å².